The van der Waals surface area contributed by atoms with Crippen LogP contribution in [-0.2, 0) is 20.8 Å². The average Bonchev–Trinajstić information content (AvgIpc) is 2.62. The maximum atomic E-state index is 13.2. The zero-order valence-corrected chi connectivity index (χ0v) is 19.8. The van der Waals surface area contributed by atoms with Crippen molar-refractivity contribution in [1.29, 1.82) is 0 Å². The lowest BCUT2D eigenvalue weighted by Gasteiger charge is -2.46. The van der Waals surface area contributed by atoms with Crippen LogP contribution in [0.2, 0.25) is 0 Å². The highest BCUT2D eigenvalue weighted by molar-refractivity contribution is 5.85. The van der Waals surface area contributed by atoms with Crippen LogP contribution in [0.1, 0.15) is 47.1 Å². The normalized spacial score (nSPS) is 12.2. The summed E-state index contributed by atoms with van der Waals surface area (Å²) in [5.41, 5.74) is 9.41. The van der Waals surface area contributed by atoms with Crippen LogP contribution < -0.4 is 16.8 Å². The molecule has 0 saturated carbocycles. The minimum atomic E-state index is -2.49. The predicted molar refractivity (Wildman–Crippen MR) is 123 cm³/mol. The van der Waals surface area contributed by atoms with Crippen LogP contribution in [0.3, 0.4) is 0 Å². The van der Waals surface area contributed by atoms with E-state index >= 15 is 0 Å². The number of carbonyl (C=O) groups is 3. The summed E-state index contributed by atoms with van der Waals surface area (Å²) in [6.07, 6.45) is -3.54. The molecule has 2 rings (SSSR count). The van der Waals surface area contributed by atoms with E-state index in [-0.39, 0.29) is 6.54 Å². The Morgan fingerprint density at radius 1 is 0.848 bits per heavy atom. The van der Waals surface area contributed by atoms with Crippen LogP contribution in [0.15, 0.2) is 42.5 Å². The fourth-order valence-electron chi connectivity index (χ4n) is 3.33. The maximum absolute atomic E-state index is 13.2. The minimum Gasteiger partial charge on any atom is -0.443 e. The molecule has 2 aromatic carbocycles. The first-order valence-corrected chi connectivity index (χ1v) is 10.4. The Kier molecular flexibility index (Phi) is 7.43. The molecule has 0 aliphatic carbocycles. The third-order valence-electron chi connectivity index (χ3n) is 4.40. The zero-order chi connectivity index (χ0) is 25.0. The second kappa shape index (κ2) is 9.53. The molecule has 0 saturated heterocycles. The van der Waals surface area contributed by atoms with Gasteiger partial charge in [0, 0.05) is 12.1 Å². The number of primary amides is 2. The molecule has 10 heteroatoms. The summed E-state index contributed by atoms with van der Waals surface area (Å²) in [6, 6.07) is 10.8. The predicted octanol–water partition coefficient (Wildman–Crippen LogP) is 3.77. The van der Waals surface area contributed by atoms with Gasteiger partial charge in [-0.1, -0.05) is 42.5 Å². The zero-order valence-electron chi connectivity index (χ0n) is 19.8. The lowest BCUT2D eigenvalue weighted by molar-refractivity contribution is -0.283. The van der Waals surface area contributed by atoms with E-state index < -0.39 is 35.5 Å². The Morgan fingerprint density at radius 2 is 1.39 bits per heavy atom. The lowest BCUT2D eigenvalue weighted by atomic mass is 10.0. The minimum absolute atomic E-state index is 0.0112. The van der Waals surface area contributed by atoms with Crippen LogP contribution >= 0.6 is 0 Å². The third kappa shape index (κ3) is 6.72. The van der Waals surface area contributed by atoms with Gasteiger partial charge >= 0.3 is 24.3 Å². The number of fused-ring (bicyclic) bond motifs is 1. The van der Waals surface area contributed by atoms with Gasteiger partial charge in [0.25, 0.3) is 0 Å². The Labute approximate surface area is 193 Å². The molecular formula is C23H32N4O6. The average molecular weight is 461 g/mol. The van der Waals surface area contributed by atoms with Gasteiger partial charge in [-0.3, -0.25) is 0 Å². The Balaban J connectivity index is 2.60. The van der Waals surface area contributed by atoms with Gasteiger partial charge in [0.15, 0.2) is 0 Å². The fraction of sp³-hybridized carbons (Fsp3) is 0.435. The van der Waals surface area contributed by atoms with E-state index in [0.29, 0.717) is 0 Å². The Hall–Kier alpha value is -3.53. The maximum Gasteiger partial charge on any atom is 0.420 e. The molecule has 10 nitrogen and oxygen atoms in total. The molecule has 0 aliphatic rings. The highest BCUT2D eigenvalue weighted by Crippen LogP contribution is 2.30. The molecule has 0 bridgehead atoms. The van der Waals surface area contributed by atoms with Gasteiger partial charge in [0.1, 0.15) is 5.60 Å². The number of ether oxygens (including phenoxy) is 3. The van der Waals surface area contributed by atoms with Crippen LogP contribution in [0, 0.1) is 0 Å². The van der Waals surface area contributed by atoms with E-state index in [4.69, 9.17) is 25.7 Å². The molecule has 0 fully saturated rings. The van der Waals surface area contributed by atoms with Gasteiger partial charge in [0.2, 0.25) is 0 Å². The van der Waals surface area contributed by atoms with E-state index in [2.05, 4.69) is 5.32 Å². The van der Waals surface area contributed by atoms with Crippen LogP contribution in [0.5, 0.6) is 0 Å². The van der Waals surface area contributed by atoms with E-state index in [1.54, 1.807) is 41.5 Å². The van der Waals surface area contributed by atoms with Crippen molar-refractivity contribution in [2.75, 3.05) is 0 Å². The molecule has 0 aromatic heterocycles. The van der Waals surface area contributed by atoms with Gasteiger partial charge in [0.05, 0.1) is 0 Å². The van der Waals surface area contributed by atoms with Crippen molar-refractivity contribution in [2.24, 2.45) is 11.5 Å². The number of nitrogens with two attached hydrogens (primary N) is 2. The number of nitrogens with one attached hydrogen (secondary N) is 1. The smallest absolute Gasteiger partial charge is 0.420 e. The van der Waals surface area contributed by atoms with Crippen LogP contribution in [0.25, 0.3) is 10.8 Å². The van der Waals surface area contributed by atoms with E-state index in [9.17, 15) is 14.4 Å². The van der Waals surface area contributed by atoms with Gasteiger partial charge in [-0.2, -0.15) is 0 Å². The summed E-state index contributed by atoms with van der Waals surface area (Å²) in [4.78, 5) is 38.0. The summed E-state index contributed by atoms with van der Waals surface area (Å²) in [7, 11) is 0. The molecule has 0 unspecified atom stereocenters. The quantitative estimate of drug-likeness (QED) is 0.556. The Bertz CT molecular complexity index is 1000. The molecule has 3 amide bonds. The summed E-state index contributed by atoms with van der Waals surface area (Å²) in [5.74, 6) is 0. The van der Waals surface area contributed by atoms with Crippen molar-refractivity contribution in [1.82, 2.24) is 10.2 Å². The molecule has 0 spiro atoms. The van der Waals surface area contributed by atoms with E-state index in [1.807, 2.05) is 42.5 Å². The SMILES string of the molecule is CC(C)(C)OC(=O)N(C(C)(C)C)C(NCc1cccc2ccccc12)(OC(N)=O)OC(N)=O. The van der Waals surface area contributed by atoms with Crippen molar-refractivity contribution in [3.63, 3.8) is 0 Å². The fourth-order valence-corrected chi connectivity index (χ4v) is 3.33. The molecule has 180 valence electrons. The van der Waals surface area contributed by atoms with Gasteiger partial charge in [-0.05, 0) is 57.9 Å². The monoisotopic (exact) mass is 460 g/mol. The number of amides is 3. The second-order valence-corrected chi connectivity index (χ2v) is 9.40. The molecular weight excluding hydrogens is 428 g/mol. The largest absolute Gasteiger partial charge is 0.443 e. The van der Waals surface area contributed by atoms with Crippen molar-refractivity contribution in [3.8, 4) is 0 Å². The summed E-state index contributed by atoms with van der Waals surface area (Å²) in [5, 5.41) is 4.73. The first-order valence-electron chi connectivity index (χ1n) is 10.4. The number of benzene rings is 2. The molecule has 5 N–H and O–H groups in total. The van der Waals surface area contributed by atoms with Crippen LogP contribution in [0.4, 0.5) is 14.4 Å². The molecule has 0 heterocycles. The second-order valence-electron chi connectivity index (χ2n) is 9.40. The molecule has 0 atom stereocenters. The Morgan fingerprint density at radius 3 is 1.91 bits per heavy atom. The first kappa shape index (κ1) is 25.7. The highest BCUT2D eigenvalue weighted by Gasteiger charge is 2.54. The standard InChI is InChI=1S/C23H32N4O6/c1-21(2,3)27(20(30)33-22(4,5)6)23(31-18(24)28,32-19(25)29)26-14-16-12-9-11-15-10-7-8-13-17(15)16/h7-13,26H,14H2,1-6H3,(H2,24,28)(H2,25,29). The lowest BCUT2D eigenvalue weighted by Crippen LogP contribution is -2.71. The number of hydrogen-bond donors (Lipinski definition) is 3. The highest BCUT2D eigenvalue weighted by atomic mass is 16.8. The summed E-state index contributed by atoms with van der Waals surface area (Å²) >= 11 is 0. The molecule has 33 heavy (non-hydrogen) atoms. The van der Waals surface area contributed by atoms with Crippen molar-refractivity contribution < 1.29 is 28.6 Å². The van der Waals surface area contributed by atoms with Gasteiger partial charge in [-0.25, -0.2) is 24.6 Å². The summed E-state index contributed by atoms with van der Waals surface area (Å²) in [6.45, 7) is 9.93. The van der Waals surface area contributed by atoms with E-state index in [1.165, 1.54) is 0 Å². The van der Waals surface area contributed by atoms with E-state index in [0.717, 1.165) is 21.2 Å². The van der Waals surface area contributed by atoms with Crippen molar-refractivity contribution >= 4 is 29.1 Å². The summed E-state index contributed by atoms with van der Waals surface area (Å²) < 4.78 is 16.0. The number of hydrogen-bond acceptors (Lipinski definition) is 7. The van der Waals surface area contributed by atoms with Crippen molar-refractivity contribution in [2.45, 2.75) is 65.3 Å². The topological polar surface area (TPSA) is 146 Å². The van der Waals surface area contributed by atoms with Crippen LogP contribution in [-0.4, -0.2) is 40.4 Å². The molecule has 0 radical (unpaired) electrons. The number of rotatable bonds is 6. The van der Waals surface area contributed by atoms with Gasteiger partial charge < -0.3 is 25.7 Å². The first-order chi connectivity index (χ1) is 15.1. The number of nitrogens with zero attached hydrogens (tertiary/aromatic N) is 1. The van der Waals surface area contributed by atoms with Crippen molar-refractivity contribution in [3.05, 3.63) is 48.0 Å². The molecule has 0 aliphatic heterocycles. The third-order valence-corrected chi connectivity index (χ3v) is 4.40. The number of carbonyl (C=O) groups excluding carboxylic acids is 3. The van der Waals surface area contributed by atoms with Gasteiger partial charge in [-0.15, -0.1) is 0 Å². The molecule has 2 aromatic rings.